The van der Waals surface area contributed by atoms with E-state index in [1.807, 2.05) is 25.1 Å². The van der Waals surface area contributed by atoms with Crippen LogP contribution < -0.4 is 9.47 Å². The fourth-order valence-corrected chi connectivity index (χ4v) is 2.19. The van der Waals surface area contributed by atoms with Crippen molar-refractivity contribution in [1.29, 1.82) is 0 Å². The van der Waals surface area contributed by atoms with E-state index in [1.54, 1.807) is 25.2 Å². The Bertz CT molecular complexity index is 530. The molecule has 0 heterocycles. The SMILES string of the molecule is CCOc1ccc(/C=C/C(=O)N(CCO)CCCOC)cc1OC. The molecule has 24 heavy (non-hydrogen) atoms. The van der Waals surface area contributed by atoms with Crippen LogP contribution in [0.1, 0.15) is 18.9 Å². The number of amides is 1. The Morgan fingerprint density at radius 2 is 2.04 bits per heavy atom. The maximum absolute atomic E-state index is 12.3. The van der Waals surface area contributed by atoms with Gasteiger partial charge in [-0.05, 0) is 37.1 Å². The number of ether oxygens (including phenoxy) is 3. The highest BCUT2D eigenvalue weighted by Crippen LogP contribution is 2.28. The second-order valence-corrected chi connectivity index (χ2v) is 5.07. The lowest BCUT2D eigenvalue weighted by molar-refractivity contribution is -0.126. The maximum atomic E-state index is 12.3. The summed E-state index contributed by atoms with van der Waals surface area (Å²) in [5, 5.41) is 9.10. The summed E-state index contributed by atoms with van der Waals surface area (Å²) in [5.74, 6) is 1.15. The second kappa shape index (κ2) is 11.5. The Kier molecular flexibility index (Phi) is 9.56. The largest absolute Gasteiger partial charge is 0.493 e. The topological polar surface area (TPSA) is 68.2 Å². The molecule has 0 aromatic heterocycles. The molecule has 0 aliphatic rings. The van der Waals surface area contributed by atoms with Gasteiger partial charge in [0.25, 0.3) is 0 Å². The van der Waals surface area contributed by atoms with E-state index in [1.165, 1.54) is 6.08 Å². The van der Waals surface area contributed by atoms with Crippen molar-refractivity contribution < 1.29 is 24.1 Å². The maximum Gasteiger partial charge on any atom is 0.246 e. The molecular weight excluding hydrogens is 310 g/mol. The molecule has 134 valence electrons. The van der Waals surface area contributed by atoms with Crippen molar-refractivity contribution >= 4 is 12.0 Å². The molecule has 0 saturated carbocycles. The third-order valence-corrected chi connectivity index (χ3v) is 3.36. The number of carbonyl (C=O) groups is 1. The zero-order valence-electron chi connectivity index (χ0n) is 14.7. The van der Waals surface area contributed by atoms with Crippen LogP contribution in [0, 0.1) is 0 Å². The molecule has 1 amide bonds. The van der Waals surface area contributed by atoms with Gasteiger partial charge in [-0.2, -0.15) is 0 Å². The van der Waals surface area contributed by atoms with E-state index in [2.05, 4.69) is 0 Å². The van der Waals surface area contributed by atoms with Crippen LogP contribution in [0.2, 0.25) is 0 Å². The molecule has 1 N–H and O–H groups in total. The molecule has 0 aliphatic heterocycles. The van der Waals surface area contributed by atoms with Gasteiger partial charge in [-0.3, -0.25) is 4.79 Å². The summed E-state index contributed by atoms with van der Waals surface area (Å²) >= 11 is 0. The normalized spacial score (nSPS) is 10.8. The number of benzene rings is 1. The van der Waals surface area contributed by atoms with Gasteiger partial charge >= 0.3 is 0 Å². The molecule has 6 nitrogen and oxygen atoms in total. The van der Waals surface area contributed by atoms with Crippen molar-refractivity contribution in [2.75, 3.05) is 47.1 Å². The highest BCUT2D eigenvalue weighted by atomic mass is 16.5. The average Bonchev–Trinajstić information content (AvgIpc) is 2.60. The Morgan fingerprint density at radius 3 is 2.67 bits per heavy atom. The van der Waals surface area contributed by atoms with E-state index in [-0.39, 0.29) is 12.5 Å². The summed E-state index contributed by atoms with van der Waals surface area (Å²) in [7, 11) is 3.20. The molecule has 1 aromatic rings. The fourth-order valence-electron chi connectivity index (χ4n) is 2.19. The van der Waals surface area contributed by atoms with Crippen LogP contribution in [0.5, 0.6) is 11.5 Å². The first kappa shape index (κ1) is 20.0. The van der Waals surface area contributed by atoms with Crippen molar-refractivity contribution in [3.8, 4) is 11.5 Å². The summed E-state index contributed by atoms with van der Waals surface area (Å²) in [4.78, 5) is 13.9. The monoisotopic (exact) mass is 337 g/mol. The van der Waals surface area contributed by atoms with Crippen molar-refractivity contribution in [2.45, 2.75) is 13.3 Å². The van der Waals surface area contributed by atoms with Gasteiger partial charge in [-0.1, -0.05) is 6.07 Å². The number of hydrogen-bond acceptors (Lipinski definition) is 5. The minimum atomic E-state index is -0.145. The van der Waals surface area contributed by atoms with Gasteiger partial charge in [0.15, 0.2) is 11.5 Å². The van der Waals surface area contributed by atoms with Gasteiger partial charge in [0, 0.05) is 32.9 Å². The minimum Gasteiger partial charge on any atom is -0.493 e. The van der Waals surface area contributed by atoms with Crippen LogP contribution in [0.4, 0.5) is 0 Å². The van der Waals surface area contributed by atoms with Gasteiger partial charge < -0.3 is 24.2 Å². The molecular formula is C18H27NO5. The Morgan fingerprint density at radius 1 is 1.25 bits per heavy atom. The first-order valence-corrected chi connectivity index (χ1v) is 8.03. The van der Waals surface area contributed by atoms with E-state index in [4.69, 9.17) is 19.3 Å². The number of aliphatic hydroxyl groups is 1. The fraction of sp³-hybridized carbons (Fsp3) is 0.500. The van der Waals surface area contributed by atoms with E-state index < -0.39 is 0 Å². The van der Waals surface area contributed by atoms with E-state index >= 15 is 0 Å². The molecule has 0 radical (unpaired) electrons. The van der Waals surface area contributed by atoms with E-state index in [9.17, 15) is 4.79 Å². The summed E-state index contributed by atoms with van der Waals surface area (Å²) < 4.78 is 15.8. The predicted octanol–water partition coefficient (Wildman–Crippen LogP) is 1.96. The Labute approximate surface area is 143 Å². The Balaban J connectivity index is 2.76. The number of carbonyl (C=O) groups excluding carboxylic acids is 1. The van der Waals surface area contributed by atoms with Crippen molar-refractivity contribution in [3.63, 3.8) is 0 Å². The number of hydrogen-bond donors (Lipinski definition) is 1. The van der Waals surface area contributed by atoms with Gasteiger partial charge in [-0.15, -0.1) is 0 Å². The molecule has 1 aromatic carbocycles. The lowest BCUT2D eigenvalue weighted by Gasteiger charge is -2.19. The third kappa shape index (κ3) is 6.60. The lowest BCUT2D eigenvalue weighted by Crippen LogP contribution is -2.33. The standard InChI is InChI=1S/C18H27NO5/c1-4-24-16-8-6-15(14-17(16)23-3)7-9-18(21)19(11-12-20)10-5-13-22-2/h6-9,14,20H,4-5,10-13H2,1-3H3/b9-7+. The van der Waals surface area contributed by atoms with E-state index in [0.29, 0.717) is 37.8 Å². The van der Waals surface area contributed by atoms with Crippen molar-refractivity contribution in [1.82, 2.24) is 4.90 Å². The van der Waals surface area contributed by atoms with Crippen LogP contribution in [-0.2, 0) is 9.53 Å². The average molecular weight is 337 g/mol. The van der Waals surface area contributed by atoms with E-state index in [0.717, 1.165) is 12.0 Å². The lowest BCUT2D eigenvalue weighted by atomic mass is 10.2. The van der Waals surface area contributed by atoms with Crippen LogP contribution in [0.3, 0.4) is 0 Å². The third-order valence-electron chi connectivity index (χ3n) is 3.36. The number of nitrogens with zero attached hydrogens (tertiary/aromatic N) is 1. The van der Waals surface area contributed by atoms with Gasteiger partial charge in [0.2, 0.25) is 5.91 Å². The second-order valence-electron chi connectivity index (χ2n) is 5.07. The molecule has 0 spiro atoms. The molecule has 0 saturated heterocycles. The molecule has 0 atom stereocenters. The predicted molar refractivity (Wildman–Crippen MR) is 93.4 cm³/mol. The highest BCUT2D eigenvalue weighted by molar-refractivity contribution is 5.91. The molecule has 6 heteroatoms. The number of aliphatic hydroxyl groups excluding tert-OH is 1. The molecule has 0 unspecified atom stereocenters. The Hall–Kier alpha value is -2.05. The van der Waals surface area contributed by atoms with Crippen LogP contribution >= 0.6 is 0 Å². The number of methoxy groups -OCH3 is 2. The first-order valence-electron chi connectivity index (χ1n) is 8.03. The van der Waals surface area contributed by atoms with Crippen molar-refractivity contribution in [2.24, 2.45) is 0 Å². The van der Waals surface area contributed by atoms with Crippen LogP contribution in [0.15, 0.2) is 24.3 Å². The quantitative estimate of drug-likeness (QED) is 0.494. The molecule has 0 bridgehead atoms. The van der Waals surface area contributed by atoms with Crippen LogP contribution in [-0.4, -0.2) is 63.0 Å². The van der Waals surface area contributed by atoms with Crippen molar-refractivity contribution in [3.05, 3.63) is 29.8 Å². The van der Waals surface area contributed by atoms with Gasteiger partial charge in [-0.25, -0.2) is 0 Å². The zero-order chi connectivity index (χ0) is 17.8. The molecule has 0 aliphatic carbocycles. The summed E-state index contributed by atoms with van der Waals surface area (Å²) in [5.41, 5.74) is 0.837. The highest BCUT2D eigenvalue weighted by Gasteiger charge is 2.10. The zero-order valence-corrected chi connectivity index (χ0v) is 14.7. The molecule has 1 rings (SSSR count). The number of rotatable bonds is 11. The summed E-state index contributed by atoms with van der Waals surface area (Å²) in [6.45, 7) is 3.83. The van der Waals surface area contributed by atoms with Gasteiger partial charge in [0.1, 0.15) is 0 Å². The van der Waals surface area contributed by atoms with Crippen LogP contribution in [0.25, 0.3) is 6.08 Å². The smallest absolute Gasteiger partial charge is 0.246 e. The first-order chi connectivity index (χ1) is 11.7. The van der Waals surface area contributed by atoms with Gasteiger partial charge in [0.05, 0.1) is 20.3 Å². The molecule has 0 fully saturated rings. The summed E-state index contributed by atoms with van der Waals surface area (Å²) in [6.07, 6.45) is 3.95. The summed E-state index contributed by atoms with van der Waals surface area (Å²) in [6, 6.07) is 5.49. The minimum absolute atomic E-state index is 0.0660.